The van der Waals surface area contributed by atoms with E-state index >= 15 is 0 Å². The van der Waals surface area contributed by atoms with Gasteiger partial charge < -0.3 is 0 Å². The number of hydrogen-bond donors (Lipinski definition) is 0. The van der Waals surface area contributed by atoms with E-state index < -0.39 is 11.6 Å². The molecule has 1 unspecified atom stereocenters. The van der Waals surface area contributed by atoms with Crippen LogP contribution < -0.4 is 0 Å². The van der Waals surface area contributed by atoms with E-state index in [2.05, 4.69) is 18.7 Å². The summed E-state index contributed by atoms with van der Waals surface area (Å²) >= 11 is 0. The van der Waals surface area contributed by atoms with Gasteiger partial charge in [-0.3, -0.25) is 4.90 Å². The Labute approximate surface area is 96.1 Å². The molecule has 3 heteroatoms. The molecule has 0 aliphatic heterocycles. The lowest BCUT2D eigenvalue weighted by Crippen LogP contribution is -2.26. The number of hydrogen-bond acceptors (Lipinski definition) is 1. The molecule has 0 aliphatic rings. The molecule has 0 bridgehead atoms. The van der Waals surface area contributed by atoms with Crippen molar-refractivity contribution in [2.75, 3.05) is 13.6 Å². The van der Waals surface area contributed by atoms with Gasteiger partial charge in [-0.05, 0) is 37.6 Å². The molecule has 0 amide bonds. The molecule has 0 N–H and O–H groups in total. The van der Waals surface area contributed by atoms with Crippen molar-refractivity contribution in [2.24, 2.45) is 5.92 Å². The Morgan fingerprint density at radius 1 is 1.12 bits per heavy atom. The smallest absolute Gasteiger partial charge is 0.159 e. The van der Waals surface area contributed by atoms with E-state index in [0.29, 0.717) is 5.92 Å². The summed E-state index contributed by atoms with van der Waals surface area (Å²) in [5, 5.41) is 0. The summed E-state index contributed by atoms with van der Waals surface area (Å²) in [5.74, 6) is -1.01. The summed E-state index contributed by atoms with van der Waals surface area (Å²) in [6, 6.07) is 4.19. The molecule has 0 heterocycles. The number of halogens is 2. The van der Waals surface area contributed by atoms with Crippen LogP contribution >= 0.6 is 0 Å². The van der Waals surface area contributed by atoms with Crippen molar-refractivity contribution in [1.29, 1.82) is 0 Å². The summed E-state index contributed by atoms with van der Waals surface area (Å²) in [6.45, 7) is 7.19. The lowest BCUT2D eigenvalue weighted by molar-refractivity contribution is 0.232. The van der Waals surface area contributed by atoms with E-state index in [1.165, 1.54) is 12.1 Å². The molecular formula is C13H19F2N. The minimum absolute atomic E-state index is 0.0949. The Balaban J connectivity index is 2.79. The first-order chi connectivity index (χ1) is 7.41. The molecule has 0 aromatic heterocycles. The average Bonchev–Trinajstić information content (AvgIpc) is 2.20. The van der Waals surface area contributed by atoms with Crippen LogP contribution in [0.4, 0.5) is 8.78 Å². The largest absolute Gasteiger partial charge is 0.299 e. The van der Waals surface area contributed by atoms with E-state index in [9.17, 15) is 8.78 Å². The second kappa shape index (κ2) is 5.39. The van der Waals surface area contributed by atoms with Crippen LogP contribution in [-0.4, -0.2) is 18.5 Å². The lowest BCUT2D eigenvalue weighted by Gasteiger charge is -2.26. The Bertz CT molecular complexity index is 350. The maximum atomic E-state index is 13.1. The van der Waals surface area contributed by atoms with E-state index in [0.717, 1.165) is 12.1 Å². The van der Waals surface area contributed by atoms with Gasteiger partial charge in [-0.2, -0.15) is 0 Å². The van der Waals surface area contributed by atoms with Crippen LogP contribution in [0.25, 0.3) is 0 Å². The van der Waals surface area contributed by atoms with Gasteiger partial charge in [0.1, 0.15) is 0 Å². The zero-order valence-corrected chi connectivity index (χ0v) is 10.3. The van der Waals surface area contributed by atoms with Gasteiger partial charge in [0.05, 0.1) is 0 Å². The minimum Gasteiger partial charge on any atom is -0.299 e. The normalized spacial score (nSPS) is 13.5. The molecule has 0 spiro atoms. The Morgan fingerprint density at radius 3 is 2.25 bits per heavy atom. The van der Waals surface area contributed by atoms with Crippen molar-refractivity contribution in [3.05, 3.63) is 35.4 Å². The maximum absolute atomic E-state index is 13.1. The highest BCUT2D eigenvalue weighted by Gasteiger charge is 2.14. The molecular weight excluding hydrogens is 208 g/mol. The van der Waals surface area contributed by atoms with Gasteiger partial charge in [0.25, 0.3) is 0 Å². The summed E-state index contributed by atoms with van der Waals surface area (Å²) < 4.78 is 25.9. The first kappa shape index (κ1) is 13.1. The van der Waals surface area contributed by atoms with Crippen molar-refractivity contribution in [1.82, 2.24) is 4.90 Å². The molecule has 1 aromatic carbocycles. The molecule has 1 rings (SSSR count). The van der Waals surface area contributed by atoms with Gasteiger partial charge in [0.15, 0.2) is 11.6 Å². The molecule has 0 saturated carbocycles. The van der Waals surface area contributed by atoms with Gasteiger partial charge in [-0.15, -0.1) is 0 Å². The first-order valence-corrected chi connectivity index (χ1v) is 5.57. The quantitative estimate of drug-likeness (QED) is 0.759. The first-order valence-electron chi connectivity index (χ1n) is 5.57. The summed E-state index contributed by atoms with van der Waals surface area (Å²) in [7, 11) is 1.99. The fraction of sp³-hybridized carbons (Fsp3) is 0.538. The van der Waals surface area contributed by atoms with E-state index in [4.69, 9.17) is 0 Å². The zero-order chi connectivity index (χ0) is 12.3. The molecule has 90 valence electrons. The Kier molecular flexibility index (Phi) is 4.42. The van der Waals surface area contributed by atoms with Gasteiger partial charge >= 0.3 is 0 Å². The fourth-order valence-electron chi connectivity index (χ4n) is 1.76. The SMILES string of the molecule is CC(C)CN(C)C(C)c1ccc(F)c(F)c1. The Morgan fingerprint density at radius 2 is 1.75 bits per heavy atom. The van der Waals surface area contributed by atoms with Crippen LogP contribution in [0.15, 0.2) is 18.2 Å². The Hall–Kier alpha value is -0.960. The monoisotopic (exact) mass is 227 g/mol. The third-order valence-corrected chi connectivity index (χ3v) is 2.74. The zero-order valence-electron chi connectivity index (χ0n) is 10.3. The average molecular weight is 227 g/mol. The topological polar surface area (TPSA) is 3.24 Å². The van der Waals surface area contributed by atoms with E-state index in [1.807, 2.05) is 14.0 Å². The minimum atomic E-state index is -0.789. The highest BCUT2D eigenvalue weighted by atomic mass is 19.2. The molecule has 0 saturated heterocycles. The van der Waals surface area contributed by atoms with Crippen molar-refractivity contribution in [3.8, 4) is 0 Å². The van der Waals surface area contributed by atoms with Crippen LogP contribution in [0.1, 0.15) is 32.4 Å². The predicted octanol–water partition coefficient (Wildman–Crippen LogP) is 3.61. The van der Waals surface area contributed by atoms with Crippen molar-refractivity contribution in [3.63, 3.8) is 0 Å². The standard InChI is InChI=1S/C13H19F2N/c1-9(2)8-16(4)10(3)11-5-6-12(14)13(15)7-11/h5-7,9-10H,8H2,1-4H3. The molecule has 0 aliphatic carbocycles. The number of nitrogens with zero attached hydrogens (tertiary/aromatic N) is 1. The molecule has 1 nitrogen and oxygen atoms in total. The van der Waals surface area contributed by atoms with Crippen LogP contribution in [0.2, 0.25) is 0 Å². The van der Waals surface area contributed by atoms with Crippen molar-refractivity contribution >= 4 is 0 Å². The highest BCUT2D eigenvalue weighted by Crippen LogP contribution is 2.21. The summed E-state index contributed by atoms with van der Waals surface area (Å²) in [6.07, 6.45) is 0. The maximum Gasteiger partial charge on any atom is 0.159 e. The predicted molar refractivity (Wildman–Crippen MR) is 62.2 cm³/mol. The number of rotatable bonds is 4. The fourth-order valence-corrected chi connectivity index (χ4v) is 1.76. The second-order valence-corrected chi connectivity index (χ2v) is 4.68. The third-order valence-electron chi connectivity index (χ3n) is 2.74. The third kappa shape index (κ3) is 3.27. The second-order valence-electron chi connectivity index (χ2n) is 4.68. The van der Waals surface area contributed by atoms with Crippen LogP contribution in [0.3, 0.4) is 0 Å². The summed E-state index contributed by atoms with van der Waals surface area (Å²) in [5.41, 5.74) is 0.807. The van der Waals surface area contributed by atoms with Crippen LogP contribution in [-0.2, 0) is 0 Å². The molecule has 16 heavy (non-hydrogen) atoms. The van der Waals surface area contributed by atoms with Gasteiger partial charge in [0, 0.05) is 12.6 Å². The van der Waals surface area contributed by atoms with E-state index in [-0.39, 0.29) is 6.04 Å². The van der Waals surface area contributed by atoms with Gasteiger partial charge in [-0.25, -0.2) is 8.78 Å². The van der Waals surface area contributed by atoms with Crippen LogP contribution in [0, 0.1) is 17.6 Å². The van der Waals surface area contributed by atoms with Crippen LogP contribution in [0.5, 0.6) is 0 Å². The van der Waals surface area contributed by atoms with Gasteiger partial charge in [0.2, 0.25) is 0 Å². The molecule has 0 radical (unpaired) electrons. The number of benzene rings is 1. The lowest BCUT2D eigenvalue weighted by atomic mass is 10.1. The molecule has 1 aromatic rings. The van der Waals surface area contributed by atoms with Gasteiger partial charge in [-0.1, -0.05) is 19.9 Å². The molecule has 0 fully saturated rings. The van der Waals surface area contributed by atoms with Crippen molar-refractivity contribution in [2.45, 2.75) is 26.8 Å². The highest BCUT2D eigenvalue weighted by molar-refractivity contribution is 5.20. The van der Waals surface area contributed by atoms with Crippen molar-refractivity contribution < 1.29 is 8.78 Å². The van der Waals surface area contributed by atoms with E-state index in [1.54, 1.807) is 6.07 Å². The molecule has 1 atom stereocenters. The summed E-state index contributed by atoms with van der Waals surface area (Å²) in [4.78, 5) is 2.14.